The van der Waals surface area contributed by atoms with Gasteiger partial charge in [-0.05, 0) is 30.2 Å². The van der Waals surface area contributed by atoms with E-state index in [2.05, 4.69) is 27.2 Å². The van der Waals surface area contributed by atoms with Gasteiger partial charge in [0.1, 0.15) is 11.6 Å². The lowest BCUT2D eigenvalue weighted by molar-refractivity contribution is -0.122. The van der Waals surface area contributed by atoms with Crippen molar-refractivity contribution in [2.45, 2.75) is 13.0 Å². The first kappa shape index (κ1) is 20.3. The maximum absolute atomic E-state index is 13.6. The van der Waals surface area contributed by atoms with E-state index in [1.165, 1.54) is 11.6 Å². The fourth-order valence-corrected chi connectivity index (χ4v) is 3.34. The van der Waals surface area contributed by atoms with E-state index in [4.69, 9.17) is 4.74 Å². The molecule has 1 aliphatic rings. The van der Waals surface area contributed by atoms with E-state index < -0.39 is 0 Å². The number of piperazine rings is 1. The number of nitrogens with one attached hydrogen (secondary N) is 1. The number of carbonyl (C=O) groups is 1. The Labute approximate surface area is 166 Å². The van der Waals surface area contributed by atoms with Crippen molar-refractivity contribution in [3.63, 3.8) is 0 Å². The summed E-state index contributed by atoms with van der Waals surface area (Å²) >= 11 is 0. The van der Waals surface area contributed by atoms with Crippen molar-refractivity contribution >= 4 is 5.91 Å². The van der Waals surface area contributed by atoms with Gasteiger partial charge in [-0.15, -0.1) is 0 Å². The zero-order valence-electron chi connectivity index (χ0n) is 16.4. The number of rotatable bonds is 8. The summed E-state index contributed by atoms with van der Waals surface area (Å²) in [5.74, 6) is 0.536. The molecule has 28 heavy (non-hydrogen) atoms. The van der Waals surface area contributed by atoms with E-state index >= 15 is 0 Å². The van der Waals surface area contributed by atoms with Crippen LogP contribution in [0.4, 0.5) is 4.39 Å². The van der Waals surface area contributed by atoms with E-state index in [1.807, 2.05) is 12.1 Å². The predicted molar refractivity (Wildman–Crippen MR) is 108 cm³/mol. The summed E-state index contributed by atoms with van der Waals surface area (Å²) in [6.45, 7) is 5.26. The quantitative estimate of drug-likeness (QED) is 0.758. The third-order valence-electron chi connectivity index (χ3n) is 5.14. The van der Waals surface area contributed by atoms with Crippen molar-refractivity contribution in [2.24, 2.45) is 0 Å². The van der Waals surface area contributed by atoms with E-state index in [1.54, 1.807) is 25.3 Å². The number of nitrogens with zero attached hydrogens (tertiary/aromatic N) is 2. The lowest BCUT2D eigenvalue weighted by Crippen LogP contribution is -2.49. The SMILES string of the molecule is COc1ccc(CCN2CCN(CC(=O)NCc3ccccc3F)CC2)cc1. The number of amides is 1. The molecule has 6 heteroatoms. The van der Waals surface area contributed by atoms with Crippen LogP contribution in [0.5, 0.6) is 5.75 Å². The monoisotopic (exact) mass is 385 g/mol. The highest BCUT2D eigenvalue weighted by Gasteiger charge is 2.18. The Morgan fingerprint density at radius 2 is 1.71 bits per heavy atom. The Morgan fingerprint density at radius 3 is 2.39 bits per heavy atom. The lowest BCUT2D eigenvalue weighted by Gasteiger charge is -2.34. The molecule has 1 amide bonds. The second kappa shape index (κ2) is 10.2. The maximum Gasteiger partial charge on any atom is 0.234 e. The van der Waals surface area contributed by atoms with Crippen molar-refractivity contribution < 1.29 is 13.9 Å². The van der Waals surface area contributed by atoms with Crippen LogP contribution < -0.4 is 10.1 Å². The molecule has 0 atom stereocenters. The molecule has 2 aromatic rings. The molecule has 0 spiro atoms. The van der Waals surface area contributed by atoms with E-state index in [0.29, 0.717) is 12.1 Å². The van der Waals surface area contributed by atoms with Gasteiger partial charge < -0.3 is 15.0 Å². The number of ether oxygens (including phenoxy) is 1. The smallest absolute Gasteiger partial charge is 0.234 e. The first-order valence-corrected chi connectivity index (χ1v) is 9.72. The minimum absolute atomic E-state index is 0.0602. The lowest BCUT2D eigenvalue weighted by atomic mass is 10.1. The molecule has 1 saturated heterocycles. The van der Waals surface area contributed by atoms with Crippen LogP contribution in [0.15, 0.2) is 48.5 Å². The van der Waals surface area contributed by atoms with Gasteiger partial charge in [-0.2, -0.15) is 0 Å². The molecule has 1 N–H and O–H groups in total. The highest BCUT2D eigenvalue weighted by Crippen LogP contribution is 2.12. The summed E-state index contributed by atoms with van der Waals surface area (Å²) in [5.41, 5.74) is 1.81. The first-order chi connectivity index (χ1) is 13.6. The van der Waals surface area contributed by atoms with Crippen LogP contribution in [0.1, 0.15) is 11.1 Å². The van der Waals surface area contributed by atoms with Crippen LogP contribution in [-0.4, -0.2) is 62.1 Å². The standard InChI is InChI=1S/C22H28FN3O2/c1-28-20-8-6-18(7-9-20)10-11-25-12-14-26(15-13-25)17-22(27)24-16-19-4-2-3-5-21(19)23/h2-9H,10-17H2,1H3,(H,24,27). The Morgan fingerprint density at radius 1 is 1.04 bits per heavy atom. The van der Waals surface area contributed by atoms with Gasteiger partial charge in [0.2, 0.25) is 5.91 Å². The molecule has 0 unspecified atom stereocenters. The number of hydrogen-bond acceptors (Lipinski definition) is 4. The largest absolute Gasteiger partial charge is 0.497 e. The van der Waals surface area contributed by atoms with Crippen LogP contribution in [0.25, 0.3) is 0 Å². The molecule has 1 aliphatic heterocycles. The number of halogens is 1. The molecule has 0 bridgehead atoms. The highest BCUT2D eigenvalue weighted by molar-refractivity contribution is 5.78. The zero-order chi connectivity index (χ0) is 19.8. The van der Waals surface area contributed by atoms with Gasteiger partial charge >= 0.3 is 0 Å². The molecule has 0 aromatic heterocycles. The zero-order valence-corrected chi connectivity index (χ0v) is 16.4. The van der Waals surface area contributed by atoms with Crippen molar-refractivity contribution in [3.8, 4) is 5.75 Å². The molecule has 0 aliphatic carbocycles. The topological polar surface area (TPSA) is 44.8 Å². The fourth-order valence-electron chi connectivity index (χ4n) is 3.34. The minimum atomic E-state index is -0.284. The van der Waals surface area contributed by atoms with E-state index in [0.717, 1.165) is 44.9 Å². The molecule has 150 valence electrons. The Bertz CT molecular complexity index is 759. The Balaban J connectivity index is 1.34. The van der Waals surface area contributed by atoms with Crippen LogP contribution >= 0.6 is 0 Å². The third kappa shape index (κ3) is 6.04. The first-order valence-electron chi connectivity index (χ1n) is 9.72. The average Bonchev–Trinajstić information content (AvgIpc) is 2.73. The predicted octanol–water partition coefficient (Wildman–Crippen LogP) is 2.31. The number of methoxy groups -OCH3 is 1. The molecule has 5 nitrogen and oxygen atoms in total. The minimum Gasteiger partial charge on any atom is -0.497 e. The van der Waals surface area contributed by atoms with Gasteiger partial charge in [0.25, 0.3) is 0 Å². The summed E-state index contributed by atoms with van der Waals surface area (Å²) in [7, 11) is 1.68. The van der Waals surface area contributed by atoms with Gasteiger partial charge in [-0.1, -0.05) is 30.3 Å². The number of hydrogen-bond donors (Lipinski definition) is 1. The van der Waals surface area contributed by atoms with Crippen molar-refractivity contribution in [2.75, 3.05) is 46.4 Å². The van der Waals surface area contributed by atoms with Crippen LogP contribution in [-0.2, 0) is 17.8 Å². The molecular formula is C22H28FN3O2. The van der Waals surface area contributed by atoms with Gasteiger partial charge in [-0.25, -0.2) is 4.39 Å². The van der Waals surface area contributed by atoms with E-state index in [9.17, 15) is 9.18 Å². The normalized spacial score (nSPS) is 15.4. The van der Waals surface area contributed by atoms with Crippen LogP contribution in [0.3, 0.4) is 0 Å². The maximum atomic E-state index is 13.6. The number of carbonyl (C=O) groups excluding carboxylic acids is 1. The van der Waals surface area contributed by atoms with Crippen molar-refractivity contribution in [3.05, 3.63) is 65.5 Å². The number of benzene rings is 2. The Kier molecular flexibility index (Phi) is 7.39. The molecule has 2 aromatic carbocycles. The van der Waals surface area contributed by atoms with Crippen LogP contribution in [0.2, 0.25) is 0 Å². The summed E-state index contributed by atoms with van der Waals surface area (Å²) < 4.78 is 18.8. The Hall–Kier alpha value is -2.44. The molecular weight excluding hydrogens is 357 g/mol. The van der Waals surface area contributed by atoms with Crippen molar-refractivity contribution in [1.29, 1.82) is 0 Å². The molecule has 0 radical (unpaired) electrons. The molecule has 3 rings (SSSR count). The van der Waals surface area contributed by atoms with Crippen molar-refractivity contribution in [1.82, 2.24) is 15.1 Å². The van der Waals surface area contributed by atoms with Crippen LogP contribution in [0, 0.1) is 5.82 Å². The summed E-state index contributed by atoms with van der Waals surface area (Å²) in [6, 6.07) is 14.7. The second-order valence-corrected chi connectivity index (χ2v) is 7.08. The van der Waals surface area contributed by atoms with Gasteiger partial charge in [-0.3, -0.25) is 9.69 Å². The average molecular weight is 385 g/mol. The fraction of sp³-hybridized carbons (Fsp3) is 0.409. The van der Waals surface area contributed by atoms with Gasteiger partial charge in [0.15, 0.2) is 0 Å². The third-order valence-corrected chi connectivity index (χ3v) is 5.14. The summed E-state index contributed by atoms with van der Waals surface area (Å²) in [4.78, 5) is 16.7. The van der Waals surface area contributed by atoms with Gasteiger partial charge in [0, 0.05) is 44.8 Å². The molecule has 1 heterocycles. The molecule has 0 saturated carbocycles. The van der Waals surface area contributed by atoms with Gasteiger partial charge in [0.05, 0.1) is 13.7 Å². The highest BCUT2D eigenvalue weighted by atomic mass is 19.1. The summed E-state index contributed by atoms with van der Waals surface area (Å²) in [5, 5.41) is 2.81. The second-order valence-electron chi connectivity index (χ2n) is 7.08. The summed E-state index contributed by atoms with van der Waals surface area (Å²) in [6.07, 6.45) is 1.01. The molecule has 1 fully saturated rings. The van der Waals surface area contributed by atoms with E-state index in [-0.39, 0.29) is 18.3 Å².